The monoisotopic (exact) mass is 341 g/mol. The molecule has 0 radical (unpaired) electrons. The van der Waals surface area contributed by atoms with Crippen LogP contribution in [0.3, 0.4) is 0 Å². The molecule has 0 saturated carbocycles. The molecule has 1 aromatic carbocycles. The summed E-state index contributed by atoms with van der Waals surface area (Å²) in [5.41, 5.74) is 2.48. The third kappa shape index (κ3) is 4.47. The van der Waals surface area contributed by atoms with E-state index in [0.717, 1.165) is 25.1 Å². The number of hydrogen-bond donors (Lipinski definition) is 0. The number of aromatic nitrogens is 2. The summed E-state index contributed by atoms with van der Waals surface area (Å²) in [5.74, 6) is 2.27. The molecule has 6 nitrogen and oxygen atoms in total. The number of hydrogen-bond acceptors (Lipinski definition) is 5. The van der Waals surface area contributed by atoms with Crippen LogP contribution in [0.25, 0.3) is 5.57 Å². The number of carbonyl (C=O) groups is 1. The van der Waals surface area contributed by atoms with Gasteiger partial charge >= 0.3 is 0 Å². The van der Waals surface area contributed by atoms with Gasteiger partial charge in [0.2, 0.25) is 11.8 Å². The molecule has 1 aliphatic rings. The van der Waals surface area contributed by atoms with Crippen molar-refractivity contribution in [1.29, 1.82) is 0 Å². The smallest absolute Gasteiger partial charge is 0.226 e. The van der Waals surface area contributed by atoms with Gasteiger partial charge in [0.15, 0.2) is 5.82 Å². The van der Waals surface area contributed by atoms with Crippen molar-refractivity contribution in [3.05, 3.63) is 47.6 Å². The zero-order valence-electron chi connectivity index (χ0n) is 14.7. The summed E-state index contributed by atoms with van der Waals surface area (Å²) in [5, 5.41) is 3.76. The van der Waals surface area contributed by atoms with Crippen LogP contribution in [0, 0.1) is 6.92 Å². The predicted octanol–water partition coefficient (Wildman–Crippen LogP) is 3.03. The fourth-order valence-electron chi connectivity index (χ4n) is 2.95. The fourth-order valence-corrected chi connectivity index (χ4v) is 2.95. The van der Waals surface area contributed by atoms with Gasteiger partial charge in [-0.15, -0.1) is 0 Å². The summed E-state index contributed by atoms with van der Waals surface area (Å²) < 4.78 is 10.3. The highest BCUT2D eigenvalue weighted by atomic mass is 16.5. The Morgan fingerprint density at radius 1 is 1.32 bits per heavy atom. The molecule has 0 aliphatic carbocycles. The molecule has 0 atom stereocenters. The fraction of sp³-hybridized carbons (Fsp3) is 0.421. The molecule has 3 rings (SSSR count). The molecule has 0 unspecified atom stereocenters. The van der Waals surface area contributed by atoms with E-state index in [4.69, 9.17) is 9.26 Å². The van der Waals surface area contributed by atoms with Crippen molar-refractivity contribution in [2.45, 2.75) is 32.6 Å². The first-order chi connectivity index (χ1) is 12.2. The van der Waals surface area contributed by atoms with Gasteiger partial charge in [-0.2, -0.15) is 4.98 Å². The minimum Gasteiger partial charge on any atom is -0.497 e. The Balaban J connectivity index is 1.48. The molecule has 6 heteroatoms. The van der Waals surface area contributed by atoms with Crippen LogP contribution in [-0.4, -0.2) is 41.1 Å². The summed E-state index contributed by atoms with van der Waals surface area (Å²) in [7, 11) is 1.66. The van der Waals surface area contributed by atoms with Crippen molar-refractivity contribution in [2.75, 3.05) is 20.2 Å². The number of methoxy groups -OCH3 is 1. The number of ether oxygens (including phenoxy) is 1. The molecule has 2 aromatic rings. The largest absolute Gasteiger partial charge is 0.497 e. The van der Waals surface area contributed by atoms with Crippen molar-refractivity contribution in [3.63, 3.8) is 0 Å². The zero-order valence-corrected chi connectivity index (χ0v) is 14.7. The number of carbonyl (C=O) groups excluding carboxylic acids is 1. The van der Waals surface area contributed by atoms with E-state index in [1.165, 1.54) is 11.1 Å². The Labute approximate surface area is 147 Å². The molecular weight excluding hydrogens is 318 g/mol. The maximum absolute atomic E-state index is 12.3. The molecule has 25 heavy (non-hydrogen) atoms. The van der Waals surface area contributed by atoms with Gasteiger partial charge in [0.25, 0.3) is 0 Å². The van der Waals surface area contributed by atoms with E-state index in [0.29, 0.717) is 31.1 Å². The summed E-state index contributed by atoms with van der Waals surface area (Å²) in [6, 6.07) is 8.06. The highest BCUT2D eigenvalue weighted by molar-refractivity contribution is 5.78. The second kappa shape index (κ2) is 7.96. The number of nitrogens with zero attached hydrogens (tertiary/aromatic N) is 3. The summed E-state index contributed by atoms with van der Waals surface area (Å²) in [6.45, 7) is 3.22. The van der Waals surface area contributed by atoms with Gasteiger partial charge in [0, 0.05) is 25.9 Å². The molecule has 1 aromatic heterocycles. The molecule has 1 aliphatic heterocycles. The normalized spacial score (nSPS) is 14.3. The molecule has 2 heterocycles. The van der Waals surface area contributed by atoms with E-state index in [1.54, 1.807) is 14.0 Å². The summed E-state index contributed by atoms with van der Waals surface area (Å²) >= 11 is 0. The van der Waals surface area contributed by atoms with Gasteiger partial charge < -0.3 is 14.2 Å². The standard InChI is InChI=1S/C19H23N3O3/c1-14-20-18(25-21-14)4-3-5-19(23)22-12-10-16(11-13-22)15-6-8-17(24-2)9-7-15/h6-10H,3-5,11-13H2,1-2H3. The van der Waals surface area contributed by atoms with Crippen LogP contribution in [0.5, 0.6) is 5.75 Å². The minimum atomic E-state index is 0.182. The maximum Gasteiger partial charge on any atom is 0.226 e. The highest BCUT2D eigenvalue weighted by Gasteiger charge is 2.18. The Hall–Kier alpha value is -2.63. The van der Waals surface area contributed by atoms with Crippen LogP contribution in [0.4, 0.5) is 0 Å². The first-order valence-corrected chi connectivity index (χ1v) is 8.56. The van der Waals surface area contributed by atoms with Crippen molar-refractivity contribution in [2.24, 2.45) is 0 Å². The quantitative estimate of drug-likeness (QED) is 0.808. The van der Waals surface area contributed by atoms with Gasteiger partial charge in [0.1, 0.15) is 5.75 Å². The Kier molecular flexibility index (Phi) is 5.48. The van der Waals surface area contributed by atoms with Gasteiger partial charge in [-0.25, -0.2) is 0 Å². The lowest BCUT2D eigenvalue weighted by Crippen LogP contribution is -2.34. The van der Waals surface area contributed by atoms with E-state index in [-0.39, 0.29) is 5.91 Å². The molecule has 0 N–H and O–H groups in total. The average Bonchev–Trinajstić information content (AvgIpc) is 3.07. The third-order valence-corrected chi connectivity index (χ3v) is 4.37. The molecule has 0 bridgehead atoms. The molecule has 0 spiro atoms. The number of rotatable bonds is 6. The van der Waals surface area contributed by atoms with Crippen LogP contribution < -0.4 is 4.74 Å². The van der Waals surface area contributed by atoms with E-state index < -0.39 is 0 Å². The minimum absolute atomic E-state index is 0.182. The highest BCUT2D eigenvalue weighted by Crippen LogP contribution is 2.24. The molecule has 1 amide bonds. The Morgan fingerprint density at radius 3 is 2.72 bits per heavy atom. The first kappa shape index (κ1) is 17.2. The molecule has 0 fully saturated rings. The van der Waals surface area contributed by atoms with Gasteiger partial charge in [-0.1, -0.05) is 23.4 Å². The second-order valence-electron chi connectivity index (χ2n) is 6.14. The number of benzene rings is 1. The lowest BCUT2D eigenvalue weighted by molar-refractivity contribution is -0.130. The van der Waals surface area contributed by atoms with E-state index in [2.05, 4.69) is 28.3 Å². The first-order valence-electron chi connectivity index (χ1n) is 8.56. The van der Waals surface area contributed by atoms with Gasteiger partial charge in [-0.05, 0) is 43.0 Å². The Bertz CT molecular complexity index is 750. The van der Waals surface area contributed by atoms with Crippen LogP contribution in [-0.2, 0) is 11.2 Å². The SMILES string of the molecule is COc1ccc(C2=CCN(C(=O)CCCc3nc(C)no3)CC2)cc1. The van der Waals surface area contributed by atoms with Crippen LogP contribution >= 0.6 is 0 Å². The van der Waals surface area contributed by atoms with Gasteiger partial charge in [-0.3, -0.25) is 4.79 Å². The maximum atomic E-state index is 12.3. The van der Waals surface area contributed by atoms with Gasteiger partial charge in [0.05, 0.1) is 7.11 Å². The molecular formula is C19H23N3O3. The lowest BCUT2D eigenvalue weighted by Gasteiger charge is -2.26. The summed E-state index contributed by atoms with van der Waals surface area (Å²) in [4.78, 5) is 18.4. The zero-order chi connectivity index (χ0) is 17.6. The van der Waals surface area contributed by atoms with E-state index in [1.807, 2.05) is 17.0 Å². The van der Waals surface area contributed by atoms with Crippen LogP contribution in [0.15, 0.2) is 34.9 Å². The topological polar surface area (TPSA) is 68.5 Å². The lowest BCUT2D eigenvalue weighted by atomic mass is 9.99. The Morgan fingerprint density at radius 2 is 2.12 bits per heavy atom. The van der Waals surface area contributed by atoms with Crippen molar-refractivity contribution >= 4 is 11.5 Å². The van der Waals surface area contributed by atoms with Crippen molar-refractivity contribution in [3.8, 4) is 5.75 Å². The third-order valence-electron chi connectivity index (χ3n) is 4.37. The van der Waals surface area contributed by atoms with Crippen LogP contribution in [0.2, 0.25) is 0 Å². The van der Waals surface area contributed by atoms with E-state index >= 15 is 0 Å². The van der Waals surface area contributed by atoms with Crippen molar-refractivity contribution in [1.82, 2.24) is 15.0 Å². The van der Waals surface area contributed by atoms with E-state index in [9.17, 15) is 4.79 Å². The molecule has 0 saturated heterocycles. The predicted molar refractivity (Wildman–Crippen MR) is 94.1 cm³/mol. The van der Waals surface area contributed by atoms with Crippen LogP contribution in [0.1, 0.15) is 36.5 Å². The second-order valence-corrected chi connectivity index (χ2v) is 6.14. The number of aryl methyl sites for hydroxylation is 2. The average molecular weight is 341 g/mol. The molecule has 132 valence electrons. The van der Waals surface area contributed by atoms with Crippen molar-refractivity contribution < 1.29 is 14.1 Å². The summed E-state index contributed by atoms with van der Waals surface area (Å²) in [6.07, 6.45) is 4.90. The number of amides is 1.